The third kappa shape index (κ3) is 4.97. The summed E-state index contributed by atoms with van der Waals surface area (Å²) in [6, 6.07) is 6.15. The van der Waals surface area contributed by atoms with Crippen LogP contribution < -0.4 is 15.8 Å². The van der Waals surface area contributed by atoms with Crippen LogP contribution in [0.1, 0.15) is 46.5 Å². The van der Waals surface area contributed by atoms with Gasteiger partial charge < -0.3 is 15.8 Å². The summed E-state index contributed by atoms with van der Waals surface area (Å²) in [6.07, 6.45) is 3.95. The zero-order chi connectivity index (χ0) is 21.0. The minimum atomic E-state index is -3.48. The molecular formula is C20H24N2O5S2. The number of fused-ring (bicyclic) bond motifs is 1. The fraction of sp³-hybridized carbons (Fsp3) is 0.400. The van der Waals surface area contributed by atoms with Gasteiger partial charge >= 0.3 is 0 Å². The number of hydrogen-bond donors (Lipinski definition) is 2. The summed E-state index contributed by atoms with van der Waals surface area (Å²) in [7, 11) is -1.98. The van der Waals surface area contributed by atoms with Gasteiger partial charge in [-0.25, -0.2) is 8.42 Å². The summed E-state index contributed by atoms with van der Waals surface area (Å²) in [6.45, 7) is 0. The number of amides is 2. The van der Waals surface area contributed by atoms with E-state index in [1.807, 2.05) is 0 Å². The second-order valence-corrected chi connectivity index (χ2v) is 10.1. The molecule has 156 valence electrons. The maximum atomic E-state index is 12.4. The molecule has 7 nitrogen and oxygen atoms in total. The van der Waals surface area contributed by atoms with Gasteiger partial charge in [0.25, 0.3) is 5.91 Å². The van der Waals surface area contributed by atoms with Crippen molar-refractivity contribution in [3.05, 3.63) is 40.3 Å². The Labute approximate surface area is 174 Å². The maximum absolute atomic E-state index is 12.4. The Kier molecular flexibility index (Phi) is 6.59. The quantitative estimate of drug-likeness (QED) is 0.660. The Morgan fingerprint density at radius 3 is 2.52 bits per heavy atom. The second kappa shape index (κ2) is 8.96. The van der Waals surface area contributed by atoms with Crippen molar-refractivity contribution in [2.75, 3.05) is 18.2 Å². The number of anilines is 1. The Balaban J connectivity index is 1.60. The van der Waals surface area contributed by atoms with E-state index in [4.69, 9.17) is 10.5 Å². The van der Waals surface area contributed by atoms with Gasteiger partial charge in [0.2, 0.25) is 5.91 Å². The number of nitrogens with one attached hydrogen (secondary N) is 1. The molecule has 0 unspecified atom stereocenters. The molecule has 29 heavy (non-hydrogen) atoms. The van der Waals surface area contributed by atoms with Crippen LogP contribution in [0.3, 0.4) is 0 Å². The molecule has 0 radical (unpaired) electrons. The molecule has 3 N–H and O–H groups in total. The predicted octanol–water partition coefficient (Wildman–Crippen LogP) is 2.93. The molecule has 0 saturated heterocycles. The summed E-state index contributed by atoms with van der Waals surface area (Å²) in [5.41, 5.74) is 6.89. The van der Waals surface area contributed by atoms with Crippen LogP contribution in [0.5, 0.6) is 5.75 Å². The van der Waals surface area contributed by atoms with Crippen molar-refractivity contribution in [3.63, 3.8) is 0 Å². The Hall–Kier alpha value is -2.39. The predicted molar refractivity (Wildman–Crippen MR) is 112 cm³/mol. The summed E-state index contributed by atoms with van der Waals surface area (Å²) in [5.74, 6) is -0.429. The van der Waals surface area contributed by atoms with E-state index in [-0.39, 0.29) is 29.4 Å². The number of thiophene rings is 1. The number of carbonyl (C=O) groups excluding carboxylic acids is 2. The Morgan fingerprint density at radius 1 is 1.17 bits per heavy atom. The Morgan fingerprint density at radius 2 is 1.86 bits per heavy atom. The van der Waals surface area contributed by atoms with Crippen molar-refractivity contribution in [2.45, 2.75) is 43.4 Å². The normalized spacial score (nSPS) is 13.6. The van der Waals surface area contributed by atoms with Gasteiger partial charge in [-0.3, -0.25) is 9.59 Å². The molecule has 1 aliphatic carbocycles. The van der Waals surface area contributed by atoms with Crippen LogP contribution in [-0.2, 0) is 27.5 Å². The molecule has 1 heterocycles. The Bertz CT molecular complexity index is 1010. The van der Waals surface area contributed by atoms with Gasteiger partial charge in [0.15, 0.2) is 9.84 Å². The fourth-order valence-corrected chi connectivity index (χ4v) is 6.05. The van der Waals surface area contributed by atoms with Crippen LogP contribution in [0, 0.1) is 0 Å². The monoisotopic (exact) mass is 436 g/mol. The van der Waals surface area contributed by atoms with Crippen LogP contribution in [0.25, 0.3) is 0 Å². The number of carbonyl (C=O) groups is 2. The molecule has 1 aromatic carbocycles. The first-order valence-electron chi connectivity index (χ1n) is 9.43. The van der Waals surface area contributed by atoms with Gasteiger partial charge in [-0.05, 0) is 61.9 Å². The van der Waals surface area contributed by atoms with E-state index in [0.717, 1.165) is 36.1 Å². The lowest BCUT2D eigenvalue weighted by atomic mass is 9.95. The second-order valence-electron chi connectivity index (χ2n) is 6.93. The van der Waals surface area contributed by atoms with E-state index in [2.05, 4.69) is 5.32 Å². The van der Waals surface area contributed by atoms with Gasteiger partial charge in [0.1, 0.15) is 10.8 Å². The van der Waals surface area contributed by atoms with E-state index < -0.39 is 15.7 Å². The average Bonchev–Trinajstić information content (AvgIpc) is 3.05. The van der Waals surface area contributed by atoms with Crippen molar-refractivity contribution < 1.29 is 22.7 Å². The smallest absolute Gasteiger partial charge is 0.251 e. The first-order chi connectivity index (χ1) is 13.8. The SMILES string of the molecule is COc1ccc(S(=O)(=O)CCCC(=O)Nc2sc3c(c2C(N)=O)CCCC3)cc1. The molecule has 3 rings (SSSR count). The highest BCUT2D eigenvalue weighted by Gasteiger charge is 2.25. The standard InChI is InChI=1S/C20H24N2O5S2/c1-27-13-8-10-14(11-9-13)29(25,26)12-4-7-17(23)22-20-18(19(21)24)15-5-2-3-6-16(15)28-20/h8-11H,2-7,12H2,1H3,(H2,21,24)(H,22,23). The van der Waals surface area contributed by atoms with Crippen LogP contribution in [0.4, 0.5) is 5.00 Å². The van der Waals surface area contributed by atoms with Crippen molar-refractivity contribution in [1.82, 2.24) is 0 Å². The molecule has 1 aliphatic rings. The lowest BCUT2D eigenvalue weighted by molar-refractivity contribution is -0.116. The number of benzene rings is 1. The minimum absolute atomic E-state index is 0.0379. The lowest BCUT2D eigenvalue weighted by Gasteiger charge is -2.11. The molecule has 0 aliphatic heterocycles. The molecular weight excluding hydrogens is 412 g/mol. The van der Waals surface area contributed by atoms with Crippen molar-refractivity contribution in [1.29, 1.82) is 0 Å². The molecule has 2 aromatic rings. The average molecular weight is 437 g/mol. The number of nitrogens with two attached hydrogens (primary N) is 1. The van der Waals surface area contributed by atoms with Gasteiger partial charge in [-0.15, -0.1) is 11.3 Å². The lowest BCUT2D eigenvalue weighted by Crippen LogP contribution is -2.19. The van der Waals surface area contributed by atoms with Crippen molar-refractivity contribution >= 4 is 38.0 Å². The van der Waals surface area contributed by atoms with Gasteiger partial charge in [-0.1, -0.05) is 0 Å². The van der Waals surface area contributed by atoms with E-state index in [0.29, 0.717) is 16.3 Å². The van der Waals surface area contributed by atoms with E-state index in [9.17, 15) is 18.0 Å². The number of sulfone groups is 1. The molecule has 0 bridgehead atoms. The van der Waals surface area contributed by atoms with E-state index >= 15 is 0 Å². The summed E-state index contributed by atoms with van der Waals surface area (Å²) in [5, 5.41) is 3.24. The topological polar surface area (TPSA) is 116 Å². The van der Waals surface area contributed by atoms with Crippen LogP contribution >= 0.6 is 11.3 Å². The fourth-order valence-electron chi connectivity index (χ4n) is 3.43. The molecule has 0 saturated carbocycles. The number of hydrogen-bond acceptors (Lipinski definition) is 6. The number of methoxy groups -OCH3 is 1. The van der Waals surface area contributed by atoms with Gasteiger partial charge in [-0.2, -0.15) is 0 Å². The number of rotatable bonds is 8. The third-order valence-electron chi connectivity index (χ3n) is 4.91. The van der Waals surface area contributed by atoms with Crippen LogP contribution in [0.2, 0.25) is 0 Å². The maximum Gasteiger partial charge on any atom is 0.251 e. The summed E-state index contributed by atoms with van der Waals surface area (Å²) in [4.78, 5) is 25.5. The summed E-state index contributed by atoms with van der Waals surface area (Å²) >= 11 is 1.40. The minimum Gasteiger partial charge on any atom is -0.497 e. The van der Waals surface area contributed by atoms with Crippen LogP contribution in [-0.4, -0.2) is 33.1 Å². The molecule has 0 fully saturated rings. The van der Waals surface area contributed by atoms with Crippen molar-refractivity contribution in [2.24, 2.45) is 5.73 Å². The van der Waals surface area contributed by atoms with Gasteiger partial charge in [0, 0.05) is 11.3 Å². The number of ether oxygens (including phenoxy) is 1. The largest absolute Gasteiger partial charge is 0.497 e. The van der Waals surface area contributed by atoms with Crippen LogP contribution in [0.15, 0.2) is 29.2 Å². The molecule has 1 aromatic heterocycles. The van der Waals surface area contributed by atoms with Crippen molar-refractivity contribution in [3.8, 4) is 5.75 Å². The number of aryl methyl sites for hydroxylation is 1. The molecule has 0 atom stereocenters. The summed E-state index contributed by atoms with van der Waals surface area (Å²) < 4.78 is 29.9. The molecule has 2 amide bonds. The van der Waals surface area contributed by atoms with E-state index in [1.165, 1.54) is 30.6 Å². The van der Waals surface area contributed by atoms with E-state index in [1.54, 1.807) is 12.1 Å². The first kappa shape index (κ1) is 21.3. The highest BCUT2D eigenvalue weighted by molar-refractivity contribution is 7.91. The first-order valence-corrected chi connectivity index (χ1v) is 11.9. The zero-order valence-electron chi connectivity index (χ0n) is 16.2. The molecule has 9 heteroatoms. The molecule has 0 spiro atoms. The zero-order valence-corrected chi connectivity index (χ0v) is 17.8. The number of primary amides is 1. The third-order valence-corrected chi connectivity index (χ3v) is 7.93. The highest BCUT2D eigenvalue weighted by atomic mass is 32.2. The van der Waals surface area contributed by atoms with Gasteiger partial charge in [0.05, 0.1) is 23.3 Å². The highest BCUT2D eigenvalue weighted by Crippen LogP contribution is 2.38.